The molecule has 1 atom stereocenters. The Balaban J connectivity index is 1.72. The normalized spacial score (nSPS) is 13.4. The molecule has 0 aliphatic rings. The van der Waals surface area contributed by atoms with Crippen molar-refractivity contribution in [2.75, 3.05) is 18.1 Å². The number of sulfonamides is 1. The third-order valence-corrected chi connectivity index (χ3v) is 7.25. The molecule has 2 aromatic heterocycles. The minimum absolute atomic E-state index is 0.375. The Morgan fingerprint density at radius 3 is 2.43 bits per heavy atom. The van der Waals surface area contributed by atoms with Gasteiger partial charge >= 0.3 is 0 Å². The third-order valence-electron chi connectivity index (χ3n) is 6.41. The van der Waals surface area contributed by atoms with E-state index >= 15 is 0 Å². The van der Waals surface area contributed by atoms with Crippen LogP contribution in [0.5, 0.6) is 5.75 Å². The van der Waals surface area contributed by atoms with Crippen molar-refractivity contribution >= 4 is 38.2 Å². The summed E-state index contributed by atoms with van der Waals surface area (Å²) in [5.74, 6) is 1.56. The van der Waals surface area contributed by atoms with Gasteiger partial charge < -0.3 is 13.8 Å². The van der Waals surface area contributed by atoms with Gasteiger partial charge in [0.25, 0.3) is 5.89 Å². The van der Waals surface area contributed by atoms with E-state index in [2.05, 4.69) is 14.4 Å². The van der Waals surface area contributed by atoms with Crippen LogP contribution >= 0.6 is 11.6 Å². The summed E-state index contributed by atoms with van der Waals surface area (Å²) in [6.07, 6.45) is 3.62. The average Bonchev–Trinajstić information content (AvgIpc) is 3.55. The number of nitrogens with zero attached hydrogens (tertiary/aromatic N) is 3. The van der Waals surface area contributed by atoms with Crippen molar-refractivity contribution in [1.29, 1.82) is 0 Å². The molecule has 0 amide bonds. The average molecular weight is 537 g/mol. The number of benzene rings is 3. The van der Waals surface area contributed by atoms with Gasteiger partial charge in [-0.1, -0.05) is 41.9 Å². The first-order valence-corrected chi connectivity index (χ1v) is 13.8. The van der Waals surface area contributed by atoms with Crippen LogP contribution in [0.3, 0.4) is 0 Å². The first-order chi connectivity index (χ1) is 17.7. The minimum atomic E-state index is -3.46. The fraction of sp³-hybridized carbons (Fsp3) is 0.185. The second kappa shape index (κ2) is 9.57. The predicted octanol–water partition coefficient (Wildman–Crippen LogP) is 5.93. The summed E-state index contributed by atoms with van der Waals surface area (Å²) in [6.45, 7) is 2.04. The number of nitrogens with one attached hydrogen (secondary N) is 1. The van der Waals surface area contributed by atoms with Crippen LogP contribution in [0.15, 0.2) is 83.5 Å². The van der Waals surface area contributed by atoms with E-state index < -0.39 is 15.6 Å². The number of methoxy groups -OCH3 is 1. The molecule has 10 heteroatoms. The monoisotopic (exact) mass is 536 g/mol. The standard InChI is InChI=1S/C27H25ClN4O4S/c1-4-27(19-10-12-20(28)13-11-19,26-29-25(36-30-26)18-8-14-21(35-2)15-9-18)32-17-16-22-23(31-37(3,33)34)6-5-7-24(22)32/h5-17,31H,4H2,1-3H3/t27-/m1/s1. The Morgan fingerprint density at radius 2 is 1.78 bits per heavy atom. The van der Waals surface area contributed by atoms with Crippen LogP contribution in [-0.2, 0) is 15.6 Å². The van der Waals surface area contributed by atoms with Gasteiger partial charge in [0.05, 0.1) is 24.6 Å². The van der Waals surface area contributed by atoms with Crippen LogP contribution in [0, 0.1) is 0 Å². The smallest absolute Gasteiger partial charge is 0.258 e. The van der Waals surface area contributed by atoms with Crippen molar-refractivity contribution in [3.05, 3.63) is 95.4 Å². The van der Waals surface area contributed by atoms with Crippen molar-refractivity contribution in [3.63, 3.8) is 0 Å². The zero-order valence-corrected chi connectivity index (χ0v) is 22.0. The van der Waals surface area contributed by atoms with Crippen LogP contribution < -0.4 is 9.46 Å². The van der Waals surface area contributed by atoms with Crippen LogP contribution in [0.1, 0.15) is 24.7 Å². The number of rotatable bonds is 8. The Bertz CT molecular complexity index is 1660. The quantitative estimate of drug-likeness (QED) is 0.264. The summed E-state index contributed by atoms with van der Waals surface area (Å²) < 4.78 is 39.6. The lowest BCUT2D eigenvalue weighted by Crippen LogP contribution is -2.36. The van der Waals surface area contributed by atoms with E-state index in [1.165, 1.54) is 0 Å². The number of anilines is 1. The number of ether oxygens (including phenoxy) is 1. The lowest BCUT2D eigenvalue weighted by atomic mass is 9.85. The van der Waals surface area contributed by atoms with Gasteiger partial charge in [-0.05, 0) is 66.6 Å². The highest BCUT2D eigenvalue weighted by Crippen LogP contribution is 2.41. The van der Waals surface area contributed by atoms with Crippen molar-refractivity contribution in [3.8, 4) is 17.2 Å². The molecule has 0 spiro atoms. The van der Waals surface area contributed by atoms with E-state index in [9.17, 15) is 8.42 Å². The lowest BCUT2D eigenvalue weighted by molar-refractivity contribution is 0.360. The zero-order chi connectivity index (χ0) is 26.2. The Kier molecular flexibility index (Phi) is 6.43. The van der Waals surface area contributed by atoms with Crippen molar-refractivity contribution in [1.82, 2.24) is 14.7 Å². The molecular weight excluding hydrogens is 512 g/mol. The molecule has 0 aliphatic heterocycles. The van der Waals surface area contributed by atoms with E-state index in [1.54, 1.807) is 13.2 Å². The maximum absolute atomic E-state index is 12.0. The summed E-state index contributed by atoms with van der Waals surface area (Å²) in [6, 6.07) is 22.3. The van der Waals surface area contributed by atoms with E-state index in [4.69, 9.17) is 25.8 Å². The molecule has 37 heavy (non-hydrogen) atoms. The first-order valence-electron chi connectivity index (χ1n) is 11.6. The van der Waals surface area contributed by atoms with Crippen LogP contribution in [0.2, 0.25) is 5.02 Å². The zero-order valence-electron chi connectivity index (χ0n) is 20.5. The summed E-state index contributed by atoms with van der Waals surface area (Å²) in [7, 11) is -1.85. The highest BCUT2D eigenvalue weighted by atomic mass is 35.5. The molecule has 3 aromatic carbocycles. The minimum Gasteiger partial charge on any atom is -0.497 e. The molecule has 0 aliphatic carbocycles. The van der Waals surface area contributed by atoms with Crippen LogP contribution in [-0.4, -0.2) is 36.5 Å². The maximum atomic E-state index is 12.0. The third kappa shape index (κ3) is 4.56. The Labute approximate surface area is 219 Å². The largest absolute Gasteiger partial charge is 0.497 e. The summed E-state index contributed by atoms with van der Waals surface area (Å²) in [5, 5.41) is 5.80. The molecule has 0 saturated heterocycles. The lowest BCUT2D eigenvalue weighted by Gasteiger charge is -2.33. The summed E-state index contributed by atoms with van der Waals surface area (Å²) in [4.78, 5) is 4.84. The molecule has 1 N–H and O–H groups in total. The predicted molar refractivity (Wildman–Crippen MR) is 145 cm³/mol. The van der Waals surface area contributed by atoms with Gasteiger partial charge in [-0.2, -0.15) is 4.98 Å². The van der Waals surface area contributed by atoms with E-state index in [0.717, 1.165) is 34.0 Å². The molecule has 5 rings (SSSR count). The molecule has 0 fully saturated rings. The molecule has 0 radical (unpaired) electrons. The van der Waals surface area contributed by atoms with Crippen molar-refractivity contribution in [2.45, 2.75) is 18.9 Å². The highest BCUT2D eigenvalue weighted by Gasteiger charge is 2.40. The van der Waals surface area contributed by atoms with Crippen molar-refractivity contribution < 1.29 is 17.7 Å². The van der Waals surface area contributed by atoms with Gasteiger partial charge in [-0.15, -0.1) is 0 Å². The molecule has 0 unspecified atom stereocenters. The molecule has 190 valence electrons. The summed E-state index contributed by atoms with van der Waals surface area (Å²) in [5.41, 5.74) is 2.09. The maximum Gasteiger partial charge on any atom is 0.258 e. The van der Waals surface area contributed by atoms with Gasteiger partial charge in [0.15, 0.2) is 0 Å². The van der Waals surface area contributed by atoms with Gasteiger partial charge in [0.1, 0.15) is 11.3 Å². The first kappa shape index (κ1) is 24.9. The Hall–Kier alpha value is -3.82. The number of hydrogen-bond acceptors (Lipinski definition) is 6. The number of halogens is 1. The van der Waals surface area contributed by atoms with E-state index in [-0.39, 0.29) is 0 Å². The number of fused-ring (bicyclic) bond motifs is 1. The van der Waals surface area contributed by atoms with E-state index in [1.807, 2.05) is 79.9 Å². The van der Waals surface area contributed by atoms with Gasteiger partial charge in [-0.25, -0.2) is 8.42 Å². The second-order valence-electron chi connectivity index (χ2n) is 8.67. The molecule has 0 saturated carbocycles. The fourth-order valence-corrected chi connectivity index (χ4v) is 5.37. The SMILES string of the molecule is CC[C@@](c1ccc(Cl)cc1)(c1noc(-c2ccc(OC)cc2)n1)n1ccc2c(NS(C)(=O)=O)cccc21. The van der Waals surface area contributed by atoms with E-state index in [0.29, 0.717) is 28.8 Å². The molecule has 8 nitrogen and oxygen atoms in total. The fourth-order valence-electron chi connectivity index (χ4n) is 4.67. The number of hydrogen-bond donors (Lipinski definition) is 1. The summed E-state index contributed by atoms with van der Waals surface area (Å²) >= 11 is 6.23. The van der Waals surface area contributed by atoms with Crippen LogP contribution in [0.25, 0.3) is 22.4 Å². The second-order valence-corrected chi connectivity index (χ2v) is 10.9. The molecule has 5 aromatic rings. The number of aromatic nitrogens is 3. The van der Waals surface area contributed by atoms with Crippen LogP contribution in [0.4, 0.5) is 5.69 Å². The molecular formula is C27H25ClN4O4S. The van der Waals surface area contributed by atoms with Crippen molar-refractivity contribution in [2.24, 2.45) is 0 Å². The van der Waals surface area contributed by atoms with Gasteiger partial charge in [0, 0.05) is 22.2 Å². The topological polar surface area (TPSA) is 99.2 Å². The molecule has 0 bridgehead atoms. The highest BCUT2D eigenvalue weighted by molar-refractivity contribution is 7.92. The van der Waals surface area contributed by atoms with Gasteiger partial charge in [0.2, 0.25) is 15.8 Å². The Morgan fingerprint density at radius 1 is 1.05 bits per heavy atom. The molecule has 2 heterocycles. The van der Waals surface area contributed by atoms with Gasteiger partial charge in [-0.3, -0.25) is 4.72 Å².